The predicted octanol–water partition coefficient (Wildman–Crippen LogP) is 2.88. The number of rotatable bonds is 2. The van der Waals surface area contributed by atoms with Gasteiger partial charge in [0.25, 0.3) is 0 Å². The molecule has 0 heterocycles. The van der Waals surface area contributed by atoms with Gasteiger partial charge in [0.2, 0.25) is 0 Å². The number of allylic oxidation sites excluding steroid dienone is 4. The molecule has 2 aliphatic carbocycles. The molecule has 0 saturated heterocycles. The fourth-order valence-corrected chi connectivity index (χ4v) is 2.46. The van der Waals surface area contributed by atoms with Crippen molar-refractivity contribution in [2.75, 3.05) is 0 Å². The van der Waals surface area contributed by atoms with Crippen molar-refractivity contribution in [3.8, 4) is 0 Å². The maximum atomic E-state index is 10.6. The minimum atomic E-state index is 0.246. The molecule has 0 bridgehead atoms. The molecule has 2 unspecified atom stereocenters. The van der Waals surface area contributed by atoms with E-state index >= 15 is 0 Å². The summed E-state index contributed by atoms with van der Waals surface area (Å²) in [5, 5.41) is 0. The SMILES string of the molecule is O=Cc1ccc(C23C=CC=CC2C3)cc1. The van der Waals surface area contributed by atoms with Crippen LogP contribution in [0.1, 0.15) is 22.3 Å². The van der Waals surface area contributed by atoms with Gasteiger partial charge in [0.1, 0.15) is 6.29 Å². The third-order valence-corrected chi connectivity index (χ3v) is 3.49. The Morgan fingerprint density at radius 3 is 2.67 bits per heavy atom. The molecular formula is C14H12O. The number of carbonyl (C=O) groups is 1. The zero-order valence-corrected chi connectivity index (χ0v) is 8.39. The molecule has 0 aromatic heterocycles. The van der Waals surface area contributed by atoms with Gasteiger partial charge in [-0.1, -0.05) is 48.6 Å². The van der Waals surface area contributed by atoms with Crippen molar-refractivity contribution in [3.05, 3.63) is 59.7 Å². The largest absolute Gasteiger partial charge is 0.298 e. The van der Waals surface area contributed by atoms with Crippen LogP contribution in [0.2, 0.25) is 0 Å². The minimum absolute atomic E-state index is 0.246. The average molecular weight is 196 g/mol. The van der Waals surface area contributed by atoms with Crippen molar-refractivity contribution in [1.29, 1.82) is 0 Å². The van der Waals surface area contributed by atoms with Crippen LogP contribution in [0, 0.1) is 5.92 Å². The first-order valence-electron chi connectivity index (χ1n) is 5.27. The van der Waals surface area contributed by atoms with Gasteiger partial charge >= 0.3 is 0 Å². The molecule has 0 radical (unpaired) electrons. The van der Waals surface area contributed by atoms with Crippen LogP contribution in [-0.4, -0.2) is 6.29 Å². The summed E-state index contributed by atoms with van der Waals surface area (Å²) in [7, 11) is 0. The van der Waals surface area contributed by atoms with Crippen LogP contribution in [0.15, 0.2) is 48.6 Å². The summed E-state index contributed by atoms with van der Waals surface area (Å²) in [5.74, 6) is 0.671. The Balaban J connectivity index is 1.97. The summed E-state index contributed by atoms with van der Waals surface area (Å²) < 4.78 is 0. The van der Waals surface area contributed by atoms with Gasteiger partial charge < -0.3 is 0 Å². The van der Waals surface area contributed by atoms with Crippen LogP contribution < -0.4 is 0 Å². The molecule has 1 fully saturated rings. The second-order valence-corrected chi connectivity index (χ2v) is 4.33. The molecule has 1 nitrogen and oxygen atoms in total. The third kappa shape index (κ3) is 1.19. The predicted molar refractivity (Wildman–Crippen MR) is 59.9 cm³/mol. The Bertz CT molecular complexity index is 453. The Morgan fingerprint density at radius 1 is 1.20 bits per heavy atom. The first-order valence-corrected chi connectivity index (χ1v) is 5.27. The van der Waals surface area contributed by atoms with E-state index in [1.807, 2.05) is 12.1 Å². The normalized spacial score (nSPS) is 31.1. The lowest BCUT2D eigenvalue weighted by Crippen LogP contribution is -2.07. The third-order valence-electron chi connectivity index (χ3n) is 3.49. The van der Waals surface area contributed by atoms with Crippen LogP contribution in [-0.2, 0) is 5.41 Å². The van der Waals surface area contributed by atoms with Gasteiger partial charge in [-0.05, 0) is 17.9 Å². The van der Waals surface area contributed by atoms with Crippen molar-refractivity contribution >= 4 is 6.29 Å². The van der Waals surface area contributed by atoms with Crippen molar-refractivity contribution < 1.29 is 4.79 Å². The number of hydrogen-bond acceptors (Lipinski definition) is 1. The number of hydrogen-bond donors (Lipinski definition) is 0. The molecule has 1 aromatic rings. The fraction of sp³-hybridized carbons (Fsp3) is 0.214. The molecule has 1 heteroatoms. The number of carbonyl (C=O) groups excluding carboxylic acids is 1. The molecule has 0 spiro atoms. The van der Waals surface area contributed by atoms with E-state index < -0.39 is 0 Å². The van der Waals surface area contributed by atoms with E-state index in [4.69, 9.17) is 0 Å². The summed E-state index contributed by atoms with van der Waals surface area (Å²) in [6.45, 7) is 0. The summed E-state index contributed by atoms with van der Waals surface area (Å²) in [5.41, 5.74) is 2.33. The Morgan fingerprint density at radius 2 is 2.00 bits per heavy atom. The topological polar surface area (TPSA) is 17.1 Å². The smallest absolute Gasteiger partial charge is 0.150 e. The van der Waals surface area contributed by atoms with Gasteiger partial charge in [0.05, 0.1) is 0 Å². The zero-order chi connectivity index (χ0) is 10.3. The van der Waals surface area contributed by atoms with E-state index in [-0.39, 0.29) is 5.41 Å². The van der Waals surface area contributed by atoms with Gasteiger partial charge in [-0.25, -0.2) is 0 Å². The molecule has 1 saturated carbocycles. The molecular weight excluding hydrogens is 184 g/mol. The van der Waals surface area contributed by atoms with Crippen LogP contribution in [0.5, 0.6) is 0 Å². The maximum absolute atomic E-state index is 10.6. The van der Waals surface area contributed by atoms with Crippen LogP contribution in [0.4, 0.5) is 0 Å². The average Bonchev–Trinajstić information content (AvgIpc) is 3.05. The van der Waals surface area contributed by atoms with E-state index in [1.54, 1.807) is 0 Å². The zero-order valence-electron chi connectivity index (χ0n) is 8.39. The minimum Gasteiger partial charge on any atom is -0.298 e. The van der Waals surface area contributed by atoms with Gasteiger partial charge in [0, 0.05) is 11.0 Å². The number of fused-ring (bicyclic) bond motifs is 1. The molecule has 2 aliphatic rings. The standard InChI is InChI=1S/C14H12O/c15-10-11-4-6-12(7-5-11)14-8-2-1-3-13(14)9-14/h1-8,10,13H,9H2. The lowest BCUT2D eigenvalue weighted by molar-refractivity contribution is 0.112. The Hall–Kier alpha value is -1.63. The molecule has 1 aromatic carbocycles. The highest BCUT2D eigenvalue weighted by Crippen LogP contribution is 2.57. The van der Waals surface area contributed by atoms with E-state index in [1.165, 1.54) is 12.0 Å². The van der Waals surface area contributed by atoms with Crippen molar-refractivity contribution in [2.24, 2.45) is 5.92 Å². The maximum Gasteiger partial charge on any atom is 0.150 e. The quantitative estimate of drug-likeness (QED) is 0.665. The van der Waals surface area contributed by atoms with Crippen LogP contribution in [0.25, 0.3) is 0 Å². The highest BCUT2D eigenvalue weighted by molar-refractivity contribution is 5.74. The first-order chi connectivity index (χ1) is 7.35. The number of aldehydes is 1. The summed E-state index contributed by atoms with van der Waals surface area (Å²) in [4.78, 5) is 10.6. The van der Waals surface area contributed by atoms with Crippen molar-refractivity contribution in [1.82, 2.24) is 0 Å². The first kappa shape index (κ1) is 8.66. The highest BCUT2D eigenvalue weighted by atomic mass is 16.1. The molecule has 0 amide bonds. The second-order valence-electron chi connectivity index (χ2n) is 4.33. The van der Waals surface area contributed by atoms with Crippen molar-refractivity contribution in [3.63, 3.8) is 0 Å². The highest BCUT2D eigenvalue weighted by Gasteiger charge is 2.52. The lowest BCUT2D eigenvalue weighted by atomic mass is 9.90. The van der Waals surface area contributed by atoms with E-state index in [9.17, 15) is 4.79 Å². The fourth-order valence-electron chi connectivity index (χ4n) is 2.46. The van der Waals surface area contributed by atoms with Crippen LogP contribution in [0.3, 0.4) is 0 Å². The molecule has 3 rings (SSSR count). The van der Waals surface area contributed by atoms with Gasteiger partial charge in [-0.2, -0.15) is 0 Å². The Labute approximate surface area is 89.1 Å². The van der Waals surface area contributed by atoms with Crippen molar-refractivity contribution in [2.45, 2.75) is 11.8 Å². The van der Waals surface area contributed by atoms with E-state index in [2.05, 4.69) is 36.4 Å². The van der Waals surface area contributed by atoms with E-state index in [0.717, 1.165) is 11.8 Å². The lowest BCUT2D eigenvalue weighted by Gasteiger charge is -2.14. The monoisotopic (exact) mass is 196 g/mol. The molecule has 74 valence electrons. The summed E-state index contributed by atoms with van der Waals surface area (Å²) in [6.07, 6.45) is 10.9. The van der Waals surface area contributed by atoms with Gasteiger partial charge in [0.15, 0.2) is 0 Å². The summed E-state index contributed by atoms with van der Waals surface area (Å²) in [6, 6.07) is 7.96. The van der Waals surface area contributed by atoms with E-state index in [0.29, 0.717) is 5.92 Å². The summed E-state index contributed by atoms with van der Waals surface area (Å²) >= 11 is 0. The van der Waals surface area contributed by atoms with Gasteiger partial charge in [-0.15, -0.1) is 0 Å². The van der Waals surface area contributed by atoms with Crippen LogP contribution >= 0.6 is 0 Å². The Kier molecular flexibility index (Phi) is 1.69. The molecule has 0 N–H and O–H groups in total. The second kappa shape index (κ2) is 2.93. The van der Waals surface area contributed by atoms with Gasteiger partial charge in [-0.3, -0.25) is 4.79 Å². The number of benzene rings is 1. The molecule has 2 atom stereocenters. The molecule has 0 aliphatic heterocycles. The molecule has 15 heavy (non-hydrogen) atoms.